The van der Waals surface area contributed by atoms with Crippen LogP contribution >= 0.6 is 0 Å². The maximum atomic E-state index is 11.9. The van der Waals surface area contributed by atoms with Crippen molar-refractivity contribution in [1.82, 2.24) is 4.72 Å². The van der Waals surface area contributed by atoms with Crippen molar-refractivity contribution in [2.24, 2.45) is 5.92 Å². The standard InChI is InChI=1S/C10H19NO5S2/c1-8(2)10(12)7-11-18(15,16)9-3-5-17(13,14)6-4-9/h8-9,11H,3-7H2,1-2H3. The van der Waals surface area contributed by atoms with Gasteiger partial charge in [0.15, 0.2) is 0 Å². The Hall–Kier alpha value is -0.470. The second kappa shape index (κ2) is 5.66. The molecule has 0 atom stereocenters. The van der Waals surface area contributed by atoms with Crippen LogP contribution < -0.4 is 4.72 Å². The fourth-order valence-corrected chi connectivity index (χ4v) is 4.90. The molecule has 6 nitrogen and oxygen atoms in total. The molecule has 8 heteroatoms. The van der Waals surface area contributed by atoms with Gasteiger partial charge in [-0.1, -0.05) is 13.8 Å². The number of Topliss-reactive ketones (excluding diaryl/α,β-unsaturated/α-hetero) is 1. The third-order valence-corrected chi connectivity index (χ3v) is 6.64. The summed E-state index contributed by atoms with van der Waals surface area (Å²) in [6.45, 7) is 3.18. The smallest absolute Gasteiger partial charge is 0.214 e. The summed E-state index contributed by atoms with van der Waals surface area (Å²) in [6, 6.07) is 0. The monoisotopic (exact) mass is 297 g/mol. The molecule has 106 valence electrons. The fraction of sp³-hybridized carbons (Fsp3) is 0.900. The van der Waals surface area contributed by atoms with Gasteiger partial charge >= 0.3 is 0 Å². The predicted molar refractivity (Wildman–Crippen MR) is 68.4 cm³/mol. The first-order chi connectivity index (χ1) is 8.14. The molecule has 1 N–H and O–H groups in total. The average Bonchev–Trinajstić information content (AvgIpc) is 2.25. The molecule has 0 saturated carbocycles. The Morgan fingerprint density at radius 2 is 1.78 bits per heavy atom. The number of sulfonamides is 1. The van der Waals surface area contributed by atoms with Crippen LogP contribution in [-0.2, 0) is 24.7 Å². The Kier molecular flexibility index (Phi) is 4.90. The minimum atomic E-state index is -3.60. The Morgan fingerprint density at radius 1 is 1.28 bits per heavy atom. The van der Waals surface area contributed by atoms with E-state index in [1.54, 1.807) is 13.8 Å². The van der Waals surface area contributed by atoms with Crippen molar-refractivity contribution in [1.29, 1.82) is 0 Å². The van der Waals surface area contributed by atoms with Crippen molar-refractivity contribution in [3.05, 3.63) is 0 Å². The van der Waals surface area contributed by atoms with E-state index >= 15 is 0 Å². The van der Waals surface area contributed by atoms with Crippen molar-refractivity contribution >= 4 is 25.6 Å². The molecule has 18 heavy (non-hydrogen) atoms. The van der Waals surface area contributed by atoms with Crippen molar-refractivity contribution in [3.63, 3.8) is 0 Å². The van der Waals surface area contributed by atoms with E-state index < -0.39 is 25.1 Å². The van der Waals surface area contributed by atoms with Gasteiger partial charge in [0.2, 0.25) is 10.0 Å². The van der Waals surface area contributed by atoms with Gasteiger partial charge in [0, 0.05) is 5.92 Å². The number of nitrogens with one attached hydrogen (secondary N) is 1. The molecule has 0 radical (unpaired) electrons. The normalized spacial score (nSPS) is 21.1. The summed E-state index contributed by atoms with van der Waals surface area (Å²) in [4.78, 5) is 11.4. The Balaban J connectivity index is 2.58. The number of carbonyl (C=O) groups excluding carboxylic acids is 1. The van der Waals surface area contributed by atoms with E-state index in [0.717, 1.165) is 0 Å². The number of ketones is 1. The van der Waals surface area contributed by atoms with E-state index in [1.807, 2.05) is 0 Å². The highest BCUT2D eigenvalue weighted by Crippen LogP contribution is 2.18. The highest BCUT2D eigenvalue weighted by atomic mass is 32.2. The van der Waals surface area contributed by atoms with Crippen LogP contribution in [0, 0.1) is 5.92 Å². The highest BCUT2D eigenvalue weighted by Gasteiger charge is 2.32. The average molecular weight is 297 g/mol. The van der Waals surface area contributed by atoms with Gasteiger partial charge in [0.25, 0.3) is 0 Å². The van der Waals surface area contributed by atoms with Gasteiger partial charge in [0.1, 0.15) is 15.6 Å². The van der Waals surface area contributed by atoms with E-state index in [1.165, 1.54) is 0 Å². The Morgan fingerprint density at radius 3 is 2.22 bits per heavy atom. The van der Waals surface area contributed by atoms with Crippen LogP contribution in [-0.4, -0.2) is 45.9 Å². The summed E-state index contributed by atoms with van der Waals surface area (Å²) >= 11 is 0. The molecule has 1 saturated heterocycles. The molecule has 0 unspecified atom stereocenters. The molecular formula is C10H19NO5S2. The number of hydrogen-bond donors (Lipinski definition) is 1. The zero-order chi connectivity index (χ0) is 14.0. The van der Waals surface area contributed by atoms with E-state index in [4.69, 9.17) is 0 Å². The minimum absolute atomic E-state index is 0.100. The molecule has 1 rings (SSSR count). The molecule has 0 aromatic heterocycles. The molecule has 0 bridgehead atoms. The third kappa shape index (κ3) is 4.33. The summed E-state index contributed by atoms with van der Waals surface area (Å²) < 4.78 is 48.4. The summed E-state index contributed by atoms with van der Waals surface area (Å²) in [5, 5.41) is -0.707. The van der Waals surface area contributed by atoms with Crippen molar-refractivity contribution in [2.45, 2.75) is 31.9 Å². The molecule has 0 aliphatic carbocycles. The van der Waals surface area contributed by atoms with Gasteiger partial charge in [-0.2, -0.15) is 0 Å². The molecule has 1 fully saturated rings. The maximum Gasteiger partial charge on any atom is 0.214 e. The van der Waals surface area contributed by atoms with Gasteiger partial charge in [-0.25, -0.2) is 21.6 Å². The first-order valence-electron chi connectivity index (χ1n) is 5.85. The molecule has 1 aliphatic rings. The van der Waals surface area contributed by atoms with Crippen molar-refractivity contribution in [3.8, 4) is 0 Å². The van der Waals surface area contributed by atoms with Crippen LogP contribution in [0.2, 0.25) is 0 Å². The first-order valence-corrected chi connectivity index (χ1v) is 9.22. The highest BCUT2D eigenvalue weighted by molar-refractivity contribution is 7.92. The topological polar surface area (TPSA) is 97.4 Å². The Bertz CT molecular complexity index is 492. The third-order valence-electron chi connectivity index (χ3n) is 3.03. The fourth-order valence-electron chi connectivity index (χ4n) is 1.67. The second-order valence-corrected chi connectivity index (χ2v) is 9.19. The van der Waals surface area contributed by atoms with E-state index in [-0.39, 0.29) is 42.6 Å². The number of sulfone groups is 1. The van der Waals surface area contributed by atoms with E-state index in [9.17, 15) is 21.6 Å². The van der Waals surface area contributed by atoms with Crippen LogP contribution in [0.4, 0.5) is 0 Å². The lowest BCUT2D eigenvalue weighted by molar-refractivity contribution is -0.120. The molecule has 1 aliphatic heterocycles. The maximum absolute atomic E-state index is 11.9. The molecule has 1 heterocycles. The van der Waals surface area contributed by atoms with Crippen LogP contribution in [0.3, 0.4) is 0 Å². The first kappa shape index (κ1) is 15.6. The second-order valence-electron chi connectivity index (χ2n) is 4.84. The van der Waals surface area contributed by atoms with Gasteiger partial charge in [-0.15, -0.1) is 0 Å². The summed E-state index contributed by atoms with van der Waals surface area (Å²) in [5.74, 6) is -0.602. The largest absolute Gasteiger partial charge is 0.298 e. The lowest BCUT2D eigenvalue weighted by Crippen LogP contribution is -2.42. The summed E-state index contributed by atoms with van der Waals surface area (Å²) in [7, 11) is -6.68. The van der Waals surface area contributed by atoms with E-state index in [0.29, 0.717) is 0 Å². The summed E-state index contributed by atoms with van der Waals surface area (Å²) in [5.41, 5.74) is 0. The zero-order valence-corrected chi connectivity index (χ0v) is 12.2. The van der Waals surface area contributed by atoms with Gasteiger partial charge in [-0.05, 0) is 12.8 Å². The van der Waals surface area contributed by atoms with Crippen LogP contribution in [0.5, 0.6) is 0 Å². The van der Waals surface area contributed by atoms with Crippen LogP contribution in [0.1, 0.15) is 26.7 Å². The number of rotatable bonds is 5. The van der Waals surface area contributed by atoms with Crippen LogP contribution in [0.15, 0.2) is 0 Å². The lowest BCUT2D eigenvalue weighted by Gasteiger charge is -2.22. The Labute approximate surface area is 108 Å². The number of hydrogen-bond acceptors (Lipinski definition) is 5. The quantitative estimate of drug-likeness (QED) is 0.752. The van der Waals surface area contributed by atoms with Crippen molar-refractivity contribution < 1.29 is 21.6 Å². The molecule has 0 aromatic carbocycles. The van der Waals surface area contributed by atoms with Gasteiger partial charge < -0.3 is 0 Å². The SMILES string of the molecule is CC(C)C(=O)CNS(=O)(=O)C1CCS(=O)(=O)CC1. The molecule has 0 spiro atoms. The molecule has 0 aromatic rings. The van der Waals surface area contributed by atoms with Gasteiger partial charge in [-0.3, -0.25) is 4.79 Å². The predicted octanol–water partition coefficient (Wildman–Crippen LogP) is -0.292. The molecule has 0 amide bonds. The summed E-state index contributed by atoms with van der Waals surface area (Å²) in [6.07, 6.45) is 0.209. The van der Waals surface area contributed by atoms with Crippen LogP contribution in [0.25, 0.3) is 0 Å². The molecular weight excluding hydrogens is 278 g/mol. The minimum Gasteiger partial charge on any atom is -0.298 e. The lowest BCUT2D eigenvalue weighted by atomic mass is 10.1. The number of carbonyl (C=O) groups is 1. The van der Waals surface area contributed by atoms with E-state index in [2.05, 4.69) is 4.72 Å². The zero-order valence-electron chi connectivity index (χ0n) is 10.5. The van der Waals surface area contributed by atoms with Crippen molar-refractivity contribution in [2.75, 3.05) is 18.1 Å². The van der Waals surface area contributed by atoms with Gasteiger partial charge in [0.05, 0.1) is 23.3 Å².